The number of amides is 2. The van der Waals surface area contributed by atoms with Crippen molar-refractivity contribution in [2.24, 2.45) is 0 Å². The molecule has 0 radical (unpaired) electrons. The molecule has 0 spiro atoms. The van der Waals surface area contributed by atoms with Crippen molar-refractivity contribution < 1.29 is 9.59 Å². The molecular weight excluding hydrogens is 242 g/mol. The number of carbonyl (C=O) groups excluding carboxylic acids is 2. The lowest BCUT2D eigenvalue weighted by Crippen LogP contribution is -2.53. The zero-order valence-corrected chi connectivity index (χ0v) is 11.0. The highest BCUT2D eigenvalue weighted by Crippen LogP contribution is 2.09. The number of rotatable bonds is 5. The van der Waals surface area contributed by atoms with Crippen LogP contribution in [-0.4, -0.2) is 30.9 Å². The molecule has 2 rings (SSSR count). The van der Waals surface area contributed by atoms with Crippen molar-refractivity contribution in [3.05, 3.63) is 29.8 Å². The van der Waals surface area contributed by atoms with Crippen LogP contribution < -0.4 is 16.0 Å². The Balaban J connectivity index is 1.68. The van der Waals surface area contributed by atoms with Gasteiger partial charge in [0.15, 0.2) is 0 Å². The largest absolute Gasteiger partial charge is 0.354 e. The number of hydrogen-bond donors (Lipinski definition) is 3. The molecule has 2 amide bonds. The lowest BCUT2D eigenvalue weighted by atomic mass is 10.1. The zero-order valence-electron chi connectivity index (χ0n) is 11.0. The summed E-state index contributed by atoms with van der Waals surface area (Å²) in [4.78, 5) is 23.2. The van der Waals surface area contributed by atoms with Gasteiger partial charge in [-0.1, -0.05) is 12.1 Å². The average molecular weight is 261 g/mol. The molecule has 1 aliphatic heterocycles. The third-order valence-electron chi connectivity index (χ3n) is 3.09. The summed E-state index contributed by atoms with van der Waals surface area (Å²) in [5.41, 5.74) is 1.89. The maximum absolute atomic E-state index is 11.7. The Bertz CT molecular complexity index is 470. The fraction of sp³-hybridized carbons (Fsp3) is 0.429. The molecule has 1 heterocycles. The van der Waals surface area contributed by atoms with Crippen LogP contribution in [0.25, 0.3) is 0 Å². The SMILES string of the molecule is Cc1cccc(NC(=O)CCNC(=O)[C@@H]2CCN2)c1. The lowest BCUT2D eigenvalue weighted by Gasteiger charge is -2.26. The van der Waals surface area contributed by atoms with Crippen LogP contribution in [0.4, 0.5) is 5.69 Å². The van der Waals surface area contributed by atoms with Gasteiger partial charge in [-0.3, -0.25) is 9.59 Å². The summed E-state index contributed by atoms with van der Waals surface area (Å²) in [5, 5.41) is 8.58. The molecule has 0 aromatic heterocycles. The third-order valence-corrected chi connectivity index (χ3v) is 3.09. The van der Waals surface area contributed by atoms with E-state index in [9.17, 15) is 9.59 Å². The number of hydrogen-bond acceptors (Lipinski definition) is 3. The summed E-state index contributed by atoms with van der Waals surface area (Å²) in [7, 11) is 0. The Kier molecular flexibility index (Phi) is 4.52. The van der Waals surface area contributed by atoms with Crippen molar-refractivity contribution >= 4 is 17.5 Å². The minimum atomic E-state index is -0.0903. The predicted octanol–water partition coefficient (Wildman–Crippen LogP) is 0.802. The van der Waals surface area contributed by atoms with E-state index in [0.717, 1.165) is 24.2 Å². The minimum Gasteiger partial charge on any atom is -0.354 e. The third kappa shape index (κ3) is 4.06. The van der Waals surface area contributed by atoms with Gasteiger partial charge in [0.1, 0.15) is 0 Å². The summed E-state index contributed by atoms with van der Waals surface area (Å²) in [6.45, 7) is 3.24. The average Bonchev–Trinajstić information content (AvgIpc) is 2.26. The lowest BCUT2D eigenvalue weighted by molar-refractivity contribution is -0.124. The first kappa shape index (κ1) is 13.5. The minimum absolute atomic E-state index is 0.0189. The van der Waals surface area contributed by atoms with Crippen molar-refractivity contribution in [2.45, 2.75) is 25.8 Å². The first-order valence-corrected chi connectivity index (χ1v) is 6.53. The maximum Gasteiger partial charge on any atom is 0.237 e. The Morgan fingerprint density at radius 2 is 2.21 bits per heavy atom. The maximum atomic E-state index is 11.7. The number of aryl methyl sites for hydroxylation is 1. The van der Waals surface area contributed by atoms with E-state index in [4.69, 9.17) is 0 Å². The molecule has 1 fully saturated rings. The zero-order chi connectivity index (χ0) is 13.7. The molecule has 1 aromatic rings. The Morgan fingerprint density at radius 3 is 2.84 bits per heavy atom. The molecule has 0 saturated carbocycles. The van der Waals surface area contributed by atoms with E-state index < -0.39 is 0 Å². The van der Waals surface area contributed by atoms with Crippen molar-refractivity contribution in [1.82, 2.24) is 10.6 Å². The molecule has 1 aliphatic rings. The first-order chi connectivity index (χ1) is 9.15. The monoisotopic (exact) mass is 261 g/mol. The normalized spacial score (nSPS) is 17.4. The van der Waals surface area contributed by atoms with Crippen molar-refractivity contribution in [3.8, 4) is 0 Å². The molecule has 3 N–H and O–H groups in total. The van der Waals surface area contributed by atoms with Gasteiger partial charge in [0.05, 0.1) is 6.04 Å². The summed E-state index contributed by atoms with van der Waals surface area (Å²) in [5.74, 6) is -0.109. The number of nitrogens with one attached hydrogen (secondary N) is 3. The van der Waals surface area contributed by atoms with Crippen LogP contribution in [0.5, 0.6) is 0 Å². The van der Waals surface area contributed by atoms with Crippen LogP contribution in [-0.2, 0) is 9.59 Å². The van der Waals surface area contributed by atoms with Crippen LogP contribution in [0.1, 0.15) is 18.4 Å². The Hall–Kier alpha value is -1.88. The van der Waals surface area contributed by atoms with E-state index in [-0.39, 0.29) is 24.3 Å². The molecule has 1 aromatic carbocycles. The fourth-order valence-electron chi connectivity index (χ4n) is 1.88. The second-order valence-corrected chi connectivity index (χ2v) is 4.75. The summed E-state index contributed by atoms with van der Waals surface area (Å²) >= 11 is 0. The second kappa shape index (κ2) is 6.33. The van der Waals surface area contributed by atoms with E-state index in [1.165, 1.54) is 0 Å². The van der Waals surface area contributed by atoms with E-state index >= 15 is 0 Å². The number of carbonyl (C=O) groups is 2. The van der Waals surface area contributed by atoms with Crippen LogP contribution >= 0.6 is 0 Å². The van der Waals surface area contributed by atoms with Crippen molar-refractivity contribution in [3.63, 3.8) is 0 Å². The van der Waals surface area contributed by atoms with Gasteiger partial charge in [0, 0.05) is 18.7 Å². The van der Waals surface area contributed by atoms with Crippen molar-refractivity contribution in [2.75, 3.05) is 18.4 Å². The summed E-state index contributed by atoms with van der Waals surface area (Å²) in [6, 6.07) is 7.56. The second-order valence-electron chi connectivity index (χ2n) is 4.75. The Morgan fingerprint density at radius 1 is 1.42 bits per heavy atom. The molecule has 0 aliphatic carbocycles. The smallest absolute Gasteiger partial charge is 0.237 e. The van der Waals surface area contributed by atoms with Gasteiger partial charge < -0.3 is 16.0 Å². The summed E-state index contributed by atoms with van der Waals surface area (Å²) in [6.07, 6.45) is 1.16. The summed E-state index contributed by atoms with van der Waals surface area (Å²) < 4.78 is 0. The van der Waals surface area contributed by atoms with Gasteiger partial charge in [-0.15, -0.1) is 0 Å². The van der Waals surface area contributed by atoms with Gasteiger partial charge >= 0.3 is 0 Å². The molecule has 1 atom stereocenters. The quantitative estimate of drug-likeness (QED) is 0.734. The first-order valence-electron chi connectivity index (χ1n) is 6.53. The van der Waals surface area contributed by atoms with Gasteiger partial charge in [0.2, 0.25) is 11.8 Å². The van der Waals surface area contributed by atoms with Crippen LogP contribution in [0.15, 0.2) is 24.3 Å². The molecule has 0 unspecified atom stereocenters. The van der Waals surface area contributed by atoms with E-state index in [1.807, 2.05) is 31.2 Å². The fourth-order valence-corrected chi connectivity index (χ4v) is 1.88. The molecule has 19 heavy (non-hydrogen) atoms. The topological polar surface area (TPSA) is 70.2 Å². The van der Waals surface area contributed by atoms with Gasteiger partial charge in [-0.05, 0) is 37.6 Å². The molecule has 1 saturated heterocycles. The van der Waals surface area contributed by atoms with E-state index in [1.54, 1.807) is 0 Å². The van der Waals surface area contributed by atoms with Gasteiger partial charge in [0.25, 0.3) is 0 Å². The molecule has 0 bridgehead atoms. The van der Waals surface area contributed by atoms with E-state index in [0.29, 0.717) is 6.54 Å². The van der Waals surface area contributed by atoms with Crippen LogP contribution in [0.2, 0.25) is 0 Å². The van der Waals surface area contributed by atoms with Gasteiger partial charge in [-0.25, -0.2) is 0 Å². The highest BCUT2D eigenvalue weighted by atomic mass is 16.2. The highest BCUT2D eigenvalue weighted by molar-refractivity contribution is 5.91. The van der Waals surface area contributed by atoms with E-state index in [2.05, 4.69) is 16.0 Å². The van der Waals surface area contributed by atoms with Crippen LogP contribution in [0, 0.1) is 6.92 Å². The van der Waals surface area contributed by atoms with Gasteiger partial charge in [-0.2, -0.15) is 0 Å². The highest BCUT2D eigenvalue weighted by Gasteiger charge is 2.23. The Labute approximate surface area is 112 Å². The van der Waals surface area contributed by atoms with Crippen molar-refractivity contribution in [1.29, 1.82) is 0 Å². The predicted molar refractivity (Wildman–Crippen MR) is 73.8 cm³/mol. The number of anilines is 1. The molecule has 102 valence electrons. The standard InChI is InChI=1S/C14H19N3O2/c1-10-3-2-4-11(9-10)17-13(18)6-8-16-14(19)12-5-7-15-12/h2-4,9,12,15H,5-8H2,1H3,(H,16,19)(H,17,18)/t12-/m0/s1. The molecular formula is C14H19N3O2. The molecule has 5 heteroatoms. The van der Waals surface area contributed by atoms with Crippen LogP contribution in [0.3, 0.4) is 0 Å². The molecule has 5 nitrogen and oxygen atoms in total. The number of benzene rings is 1.